The lowest BCUT2D eigenvalue weighted by molar-refractivity contribution is -0.117. The van der Waals surface area contributed by atoms with Gasteiger partial charge in [0.1, 0.15) is 5.78 Å². The molecule has 0 aliphatic heterocycles. The van der Waals surface area contributed by atoms with Crippen molar-refractivity contribution < 1.29 is 13.6 Å². The first-order valence-electron chi connectivity index (χ1n) is 5.84. The summed E-state index contributed by atoms with van der Waals surface area (Å²) in [6, 6.07) is 10.5. The van der Waals surface area contributed by atoms with Crippen molar-refractivity contribution in [2.45, 2.75) is 12.8 Å². The van der Waals surface area contributed by atoms with Crippen molar-refractivity contribution in [3.05, 3.63) is 65.2 Å². The monoisotopic (exact) mass is 261 g/mol. The molecule has 0 atom stereocenters. The van der Waals surface area contributed by atoms with E-state index in [1.807, 2.05) is 0 Å². The van der Waals surface area contributed by atoms with Gasteiger partial charge in [-0.25, -0.2) is 8.78 Å². The summed E-state index contributed by atoms with van der Waals surface area (Å²) in [5.74, 6) is -1.90. The number of anilines is 1. The van der Waals surface area contributed by atoms with Crippen molar-refractivity contribution in [2.75, 3.05) is 5.73 Å². The Balaban J connectivity index is 2.01. The summed E-state index contributed by atoms with van der Waals surface area (Å²) >= 11 is 0. The van der Waals surface area contributed by atoms with Gasteiger partial charge in [0.25, 0.3) is 0 Å². The molecule has 0 spiro atoms. The van der Waals surface area contributed by atoms with Crippen LogP contribution in [0.15, 0.2) is 42.5 Å². The molecule has 0 aliphatic rings. The first kappa shape index (κ1) is 13.2. The molecule has 4 heteroatoms. The Bertz CT molecular complexity index is 594. The third-order valence-electron chi connectivity index (χ3n) is 2.77. The van der Waals surface area contributed by atoms with E-state index in [9.17, 15) is 13.6 Å². The van der Waals surface area contributed by atoms with E-state index in [0.29, 0.717) is 11.3 Å². The summed E-state index contributed by atoms with van der Waals surface area (Å²) in [6.45, 7) is 0. The smallest absolute Gasteiger partial charge is 0.159 e. The van der Waals surface area contributed by atoms with Crippen LogP contribution in [0.3, 0.4) is 0 Å². The van der Waals surface area contributed by atoms with Gasteiger partial charge < -0.3 is 5.73 Å². The molecular weight excluding hydrogens is 248 g/mol. The highest BCUT2D eigenvalue weighted by atomic mass is 19.2. The van der Waals surface area contributed by atoms with Crippen molar-refractivity contribution in [3.8, 4) is 0 Å². The van der Waals surface area contributed by atoms with Crippen LogP contribution in [-0.4, -0.2) is 5.78 Å². The molecule has 0 saturated heterocycles. The van der Waals surface area contributed by atoms with Gasteiger partial charge >= 0.3 is 0 Å². The summed E-state index contributed by atoms with van der Waals surface area (Å²) in [6.07, 6.45) is 0.334. The minimum atomic E-state index is -0.933. The Morgan fingerprint density at radius 2 is 1.47 bits per heavy atom. The van der Waals surface area contributed by atoms with Crippen LogP contribution in [0.4, 0.5) is 14.5 Å². The highest BCUT2D eigenvalue weighted by Gasteiger charge is 2.08. The quantitative estimate of drug-likeness (QED) is 0.860. The number of nitrogen functional groups attached to an aromatic ring is 1. The number of carbonyl (C=O) groups excluding carboxylic acids is 1. The normalized spacial score (nSPS) is 10.4. The molecule has 0 bridgehead atoms. The molecule has 2 rings (SSSR count). The van der Waals surface area contributed by atoms with Gasteiger partial charge in [-0.05, 0) is 35.4 Å². The molecular formula is C15H13F2NO. The Morgan fingerprint density at radius 3 is 2.11 bits per heavy atom. The molecule has 0 radical (unpaired) electrons. The van der Waals surface area contributed by atoms with Gasteiger partial charge in [-0.15, -0.1) is 0 Å². The molecule has 2 N–H and O–H groups in total. The second-order valence-electron chi connectivity index (χ2n) is 4.38. The summed E-state index contributed by atoms with van der Waals surface area (Å²) in [5, 5.41) is 0. The maximum absolute atomic E-state index is 13.0. The van der Waals surface area contributed by atoms with E-state index in [4.69, 9.17) is 5.73 Å². The van der Waals surface area contributed by atoms with Crippen LogP contribution in [0.25, 0.3) is 0 Å². The van der Waals surface area contributed by atoms with Crippen molar-refractivity contribution in [2.24, 2.45) is 0 Å². The first-order chi connectivity index (χ1) is 9.04. The summed E-state index contributed by atoms with van der Waals surface area (Å²) in [7, 11) is 0. The molecule has 0 aromatic heterocycles. The predicted octanol–water partition coefficient (Wildman–Crippen LogP) is 2.90. The Hall–Kier alpha value is -2.23. The lowest BCUT2D eigenvalue weighted by Crippen LogP contribution is -2.07. The van der Waals surface area contributed by atoms with E-state index in [1.165, 1.54) is 6.07 Å². The van der Waals surface area contributed by atoms with Crippen molar-refractivity contribution in [1.29, 1.82) is 0 Å². The molecule has 0 aliphatic carbocycles. The van der Waals surface area contributed by atoms with Gasteiger partial charge in [-0.2, -0.15) is 0 Å². The summed E-state index contributed by atoms with van der Waals surface area (Å²) in [5.41, 5.74) is 7.51. The van der Waals surface area contributed by atoms with Crippen LogP contribution in [0.2, 0.25) is 0 Å². The topological polar surface area (TPSA) is 43.1 Å². The zero-order valence-electron chi connectivity index (χ0n) is 10.2. The Kier molecular flexibility index (Phi) is 3.90. The second kappa shape index (κ2) is 5.61. The number of ketones is 1. The van der Waals surface area contributed by atoms with Crippen molar-refractivity contribution in [3.63, 3.8) is 0 Å². The van der Waals surface area contributed by atoms with Gasteiger partial charge in [-0.3, -0.25) is 4.79 Å². The number of Topliss-reactive ketones (excluding diaryl/α,β-unsaturated/α-hetero) is 1. The molecule has 98 valence electrons. The van der Waals surface area contributed by atoms with E-state index in [2.05, 4.69) is 0 Å². The first-order valence-corrected chi connectivity index (χ1v) is 5.84. The predicted molar refractivity (Wildman–Crippen MR) is 69.6 cm³/mol. The van der Waals surface area contributed by atoms with E-state index >= 15 is 0 Å². The lowest BCUT2D eigenvalue weighted by atomic mass is 10.0. The Morgan fingerprint density at radius 1 is 0.895 bits per heavy atom. The number of hydrogen-bond donors (Lipinski definition) is 1. The average molecular weight is 261 g/mol. The largest absolute Gasteiger partial charge is 0.399 e. The fraction of sp³-hybridized carbons (Fsp3) is 0.133. The highest BCUT2D eigenvalue weighted by Crippen LogP contribution is 2.11. The number of benzene rings is 2. The van der Waals surface area contributed by atoms with Gasteiger partial charge in [0.2, 0.25) is 0 Å². The van der Waals surface area contributed by atoms with E-state index in [1.54, 1.807) is 24.3 Å². The number of hydrogen-bond acceptors (Lipinski definition) is 2. The third kappa shape index (κ3) is 3.61. The second-order valence-corrected chi connectivity index (χ2v) is 4.38. The SMILES string of the molecule is Nc1ccc(CC(=O)Cc2ccc(F)c(F)c2)cc1. The fourth-order valence-electron chi connectivity index (χ4n) is 1.80. The molecule has 0 saturated carbocycles. The van der Waals surface area contributed by atoms with Gasteiger partial charge in [0, 0.05) is 18.5 Å². The number of rotatable bonds is 4. The van der Waals surface area contributed by atoms with Crippen LogP contribution in [0.1, 0.15) is 11.1 Å². The summed E-state index contributed by atoms with van der Waals surface area (Å²) in [4.78, 5) is 11.8. The van der Waals surface area contributed by atoms with Gasteiger partial charge in [-0.1, -0.05) is 18.2 Å². The van der Waals surface area contributed by atoms with Crippen molar-refractivity contribution in [1.82, 2.24) is 0 Å². The standard InChI is InChI=1S/C15H13F2NO/c16-14-6-3-11(9-15(14)17)8-13(19)7-10-1-4-12(18)5-2-10/h1-6,9H,7-8,18H2. The van der Waals surface area contributed by atoms with E-state index < -0.39 is 11.6 Å². The minimum absolute atomic E-state index is 0.0595. The van der Waals surface area contributed by atoms with Crippen LogP contribution in [0, 0.1) is 11.6 Å². The third-order valence-corrected chi connectivity index (χ3v) is 2.77. The molecule has 0 unspecified atom stereocenters. The molecule has 19 heavy (non-hydrogen) atoms. The van der Waals surface area contributed by atoms with E-state index in [-0.39, 0.29) is 18.6 Å². The zero-order valence-corrected chi connectivity index (χ0v) is 10.2. The molecule has 2 aromatic rings. The fourth-order valence-corrected chi connectivity index (χ4v) is 1.80. The van der Waals surface area contributed by atoms with Crippen LogP contribution < -0.4 is 5.73 Å². The van der Waals surface area contributed by atoms with Gasteiger partial charge in [0.15, 0.2) is 11.6 Å². The zero-order chi connectivity index (χ0) is 13.8. The molecule has 0 amide bonds. The minimum Gasteiger partial charge on any atom is -0.399 e. The lowest BCUT2D eigenvalue weighted by Gasteiger charge is -2.03. The van der Waals surface area contributed by atoms with Crippen molar-refractivity contribution >= 4 is 11.5 Å². The number of halogens is 2. The Labute approximate surface area is 109 Å². The van der Waals surface area contributed by atoms with Gasteiger partial charge in [0.05, 0.1) is 0 Å². The summed E-state index contributed by atoms with van der Waals surface area (Å²) < 4.78 is 25.7. The molecule has 0 heterocycles. The number of carbonyl (C=O) groups is 1. The van der Waals surface area contributed by atoms with E-state index in [0.717, 1.165) is 17.7 Å². The molecule has 2 aromatic carbocycles. The number of nitrogens with two attached hydrogens (primary N) is 1. The molecule has 0 fully saturated rings. The van der Waals surface area contributed by atoms with Crippen LogP contribution in [-0.2, 0) is 17.6 Å². The maximum Gasteiger partial charge on any atom is 0.159 e. The van der Waals surface area contributed by atoms with Crippen LogP contribution in [0.5, 0.6) is 0 Å². The maximum atomic E-state index is 13.0. The molecule has 2 nitrogen and oxygen atoms in total. The average Bonchev–Trinajstić information content (AvgIpc) is 2.37. The van der Waals surface area contributed by atoms with Crippen LogP contribution >= 0.6 is 0 Å². The highest BCUT2D eigenvalue weighted by molar-refractivity contribution is 5.83.